The van der Waals surface area contributed by atoms with E-state index in [2.05, 4.69) is 36.7 Å². The second-order valence-corrected chi connectivity index (χ2v) is 10.7. The lowest BCUT2D eigenvalue weighted by Crippen LogP contribution is -2.29. The summed E-state index contributed by atoms with van der Waals surface area (Å²) in [5, 5.41) is 20.3. The molecule has 1 heterocycles. The maximum atomic E-state index is 13.3. The van der Waals surface area contributed by atoms with Gasteiger partial charge >= 0.3 is 5.97 Å². The van der Waals surface area contributed by atoms with Crippen LogP contribution in [0, 0.1) is 0 Å². The number of halogens is 1. The first-order chi connectivity index (χ1) is 17.0. The van der Waals surface area contributed by atoms with Crippen LogP contribution in [0.15, 0.2) is 82.8 Å². The number of rotatable bonds is 5. The lowest BCUT2D eigenvalue weighted by molar-refractivity contribution is -0.136. The molecular weight excluding hydrogens is 522 g/mol. The van der Waals surface area contributed by atoms with E-state index in [-0.39, 0.29) is 23.2 Å². The Morgan fingerprint density at radius 3 is 2.00 bits per heavy atom. The number of carbonyl (C=O) groups excluding carboxylic acids is 2. The van der Waals surface area contributed by atoms with Gasteiger partial charge in [-0.05, 0) is 46.4 Å². The van der Waals surface area contributed by atoms with Gasteiger partial charge in [0.2, 0.25) is 0 Å². The molecule has 36 heavy (non-hydrogen) atoms. The number of carboxylic acid groups (broad SMARTS) is 1. The van der Waals surface area contributed by atoms with Crippen LogP contribution in [0.4, 0.5) is 5.69 Å². The summed E-state index contributed by atoms with van der Waals surface area (Å²) in [6, 6.07) is 20.2. The van der Waals surface area contributed by atoms with Crippen molar-refractivity contribution in [3.05, 3.63) is 105 Å². The molecule has 1 amide bonds. The summed E-state index contributed by atoms with van der Waals surface area (Å²) in [5.41, 5.74) is 3.11. The van der Waals surface area contributed by atoms with E-state index in [0.29, 0.717) is 22.4 Å². The summed E-state index contributed by atoms with van der Waals surface area (Å²) in [7, 11) is 0. The molecule has 1 saturated heterocycles. The predicted molar refractivity (Wildman–Crippen MR) is 142 cm³/mol. The van der Waals surface area contributed by atoms with Crippen LogP contribution < -0.4 is 4.90 Å². The van der Waals surface area contributed by atoms with Crippen molar-refractivity contribution < 1.29 is 24.6 Å². The van der Waals surface area contributed by atoms with Gasteiger partial charge < -0.3 is 10.2 Å². The summed E-state index contributed by atoms with van der Waals surface area (Å²) in [6.07, 6.45) is -0.152. The zero-order valence-corrected chi connectivity index (χ0v) is 21.7. The number of carboxylic acids is 1. The first-order valence-corrected chi connectivity index (χ1v) is 12.2. The molecule has 4 rings (SSSR count). The highest BCUT2D eigenvalue weighted by molar-refractivity contribution is 9.10. The van der Waals surface area contributed by atoms with Crippen LogP contribution in [-0.2, 0) is 26.2 Å². The zero-order chi connectivity index (χ0) is 26.2. The molecule has 1 unspecified atom stereocenters. The molecule has 1 fully saturated rings. The van der Waals surface area contributed by atoms with Crippen molar-refractivity contribution in [1.82, 2.24) is 0 Å². The third-order valence-electron chi connectivity index (χ3n) is 6.22. The predicted octanol–water partition coefficient (Wildman–Crippen LogP) is 6.00. The van der Waals surface area contributed by atoms with Crippen LogP contribution in [0.1, 0.15) is 49.1 Å². The number of ketones is 1. The number of benzene rings is 3. The van der Waals surface area contributed by atoms with Gasteiger partial charge in [-0.2, -0.15) is 0 Å². The molecule has 0 spiro atoms. The van der Waals surface area contributed by atoms with E-state index >= 15 is 0 Å². The molecule has 0 radical (unpaired) electrons. The molecule has 0 aliphatic carbocycles. The third kappa shape index (κ3) is 4.97. The minimum absolute atomic E-state index is 0.000411. The highest BCUT2D eigenvalue weighted by Crippen LogP contribution is 2.42. The van der Waals surface area contributed by atoms with Gasteiger partial charge in [-0.15, -0.1) is 0 Å². The molecule has 0 aromatic heterocycles. The number of anilines is 1. The molecule has 0 bridgehead atoms. The van der Waals surface area contributed by atoms with E-state index in [4.69, 9.17) is 5.11 Å². The number of amides is 1. The van der Waals surface area contributed by atoms with Crippen molar-refractivity contribution in [1.29, 1.82) is 0 Å². The van der Waals surface area contributed by atoms with Crippen molar-refractivity contribution >= 4 is 45.0 Å². The molecular formula is C29H26BrNO5. The van der Waals surface area contributed by atoms with Crippen LogP contribution in [0.3, 0.4) is 0 Å². The number of carbonyl (C=O) groups is 3. The SMILES string of the molecule is CC(C)(C)c1ccc(C2/C(=C(/O)c3ccc(Br)cc3)C(=O)C(=O)N2c2ccc(CC(=O)O)cc2)cc1. The van der Waals surface area contributed by atoms with Crippen LogP contribution in [0.2, 0.25) is 0 Å². The fourth-order valence-corrected chi connectivity index (χ4v) is 4.56. The first kappa shape index (κ1) is 25.4. The van der Waals surface area contributed by atoms with Crippen molar-refractivity contribution in [2.75, 3.05) is 4.90 Å². The van der Waals surface area contributed by atoms with Crippen molar-refractivity contribution in [2.45, 2.75) is 38.6 Å². The standard InChI is InChI=1S/C29H26BrNO5/c1-29(2,3)20-10-6-18(7-11-20)25-24(26(34)19-8-12-21(30)13-9-19)27(35)28(36)31(25)22-14-4-17(5-15-22)16-23(32)33/h4-15,25,34H,16H2,1-3H3,(H,32,33)/b26-24-. The summed E-state index contributed by atoms with van der Waals surface area (Å²) in [5.74, 6) is -2.76. The van der Waals surface area contributed by atoms with Crippen LogP contribution in [0.5, 0.6) is 0 Å². The lowest BCUT2D eigenvalue weighted by Gasteiger charge is -2.26. The maximum Gasteiger partial charge on any atom is 0.307 e. The number of aliphatic carboxylic acids is 1. The number of hydrogen-bond donors (Lipinski definition) is 2. The van der Waals surface area contributed by atoms with Gasteiger partial charge in [-0.3, -0.25) is 19.3 Å². The van der Waals surface area contributed by atoms with Crippen LogP contribution >= 0.6 is 15.9 Å². The van der Waals surface area contributed by atoms with E-state index in [9.17, 15) is 19.5 Å². The minimum atomic E-state index is -0.961. The summed E-state index contributed by atoms with van der Waals surface area (Å²) >= 11 is 3.37. The molecule has 1 aliphatic rings. The number of hydrogen-bond acceptors (Lipinski definition) is 4. The fourth-order valence-electron chi connectivity index (χ4n) is 4.29. The molecule has 1 atom stereocenters. The monoisotopic (exact) mass is 547 g/mol. The van der Waals surface area contributed by atoms with Gasteiger partial charge in [0.25, 0.3) is 11.7 Å². The molecule has 3 aromatic carbocycles. The Bertz CT molecular complexity index is 1350. The van der Waals surface area contributed by atoms with E-state index in [0.717, 1.165) is 10.0 Å². The topological polar surface area (TPSA) is 94.9 Å². The van der Waals surface area contributed by atoms with E-state index in [1.807, 2.05) is 24.3 Å². The second-order valence-electron chi connectivity index (χ2n) is 9.78. The largest absolute Gasteiger partial charge is 0.507 e. The Balaban J connectivity index is 1.87. The highest BCUT2D eigenvalue weighted by atomic mass is 79.9. The lowest BCUT2D eigenvalue weighted by atomic mass is 9.85. The summed E-state index contributed by atoms with van der Waals surface area (Å²) in [4.78, 5) is 39.0. The normalized spacial score (nSPS) is 17.4. The van der Waals surface area contributed by atoms with Gasteiger partial charge in [-0.25, -0.2) is 0 Å². The Morgan fingerprint density at radius 2 is 1.47 bits per heavy atom. The average Bonchev–Trinajstić information content (AvgIpc) is 3.09. The Labute approximate surface area is 218 Å². The van der Waals surface area contributed by atoms with Gasteiger partial charge in [0, 0.05) is 15.7 Å². The van der Waals surface area contributed by atoms with Crippen LogP contribution in [-0.4, -0.2) is 27.9 Å². The molecule has 6 nitrogen and oxygen atoms in total. The Kier molecular flexibility index (Phi) is 6.87. The van der Waals surface area contributed by atoms with Crippen molar-refractivity contribution in [2.24, 2.45) is 0 Å². The van der Waals surface area contributed by atoms with Crippen LogP contribution in [0.25, 0.3) is 5.76 Å². The highest BCUT2D eigenvalue weighted by Gasteiger charge is 2.47. The quantitative estimate of drug-likeness (QED) is 0.232. The van der Waals surface area contributed by atoms with Gasteiger partial charge in [0.05, 0.1) is 18.0 Å². The summed E-state index contributed by atoms with van der Waals surface area (Å²) in [6.45, 7) is 6.29. The number of Topliss-reactive ketones (excluding diaryl/α,β-unsaturated/α-hetero) is 1. The number of aliphatic hydroxyl groups excluding tert-OH is 1. The smallest absolute Gasteiger partial charge is 0.307 e. The van der Waals surface area contributed by atoms with Gasteiger partial charge in [0.15, 0.2) is 0 Å². The second kappa shape index (κ2) is 9.74. The molecule has 3 aromatic rings. The van der Waals surface area contributed by atoms with E-state index in [1.54, 1.807) is 48.5 Å². The molecule has 184 valence electrons. The molecule has 1 aliphatic heterocycles. The summed E-state index contributed by atoms with van der Waals surface area (Å²) < 4.78 is 0.815. The fraction of sp³-hybridized carbons (Fsp3) is 0.207. The van der Waals surface area contributed by atoms with E-state index in [1.165, 1.54) is 4.90 Å². The average molecular weight is 548 g/mol. The third-order valence-corrected chi connectivity index (χ3v) is 6.75. The Morgan fingerprint density at radius 1 is 0.889 bits per heavy atom. The first-order valence-electron chi connectivity index (χ1n) is 11.5. The van der Waals surface area contributed by atoms with Crippen molar-refractivity contribution in [3.63, 3.8) is 0 Å². The van der Waals surface area contributed by atoms with Crippen molar-refractivity contribution in [3.8, 4) is 0 Å². The number of aliphatic hydroxyl groups is 1. The molecule has 7 heteroatoms. The van der Waals surface area contributed by atoms with Gasteiger partial charge in [0.1, 0.15) is 5.76 Å². The van der Waals surface area contributed by atoms with E-state index < -0.39 is 23.7 Å². The molecule has 0 saturated carbocycles. The Hall–Kier alpha value is -3.71. The van der Waals surface area contributed by atoms with Gasteiger partial charge in [-0.1, -0.05) is 85.2 Å². The maximum absolute atomic E-state index is 13.3. The molecule has 2 N–H and O–H groups in total. The number of nitrogens with zero attached hydrogens (tertiary/aromatic N) is 1. The zero-order valence-electron chi connectivity index (χ0n) is 20.2. The minimum Gasteiger partial charge on any atom is -0.507 e.